The fraction of sp³-hybridized carbons (Fsp3) is 0.278. The predicted molar refractivity (Wildman–Crippen MR) is 103 cm³/mol. The molecule has 0 aliphatic rings. The summed E-state index contributed by atoms with van der Waals surface area (Å²) in [6.45, 7) is 3.05. The maximum absolute atomic E-state index is 14.4. The van der Waals surface area contributed by atoms with Crippen molar-refractivity contribution in [1.29, 1.82) is 0 Å². The van der Waals surface area contributed by atoms with E-state index < -0.39 is 34.9 Å². The number of anilines is 2. The van der Waals surface area contributed by atoms with Gasteiger partial charge in [-0.2, -0.15) is 13.2 Å². The summed E-state index contributed by atoms with van der Waals surface area (Å²) in [5.41, 5.74) is 0.688. The first kappa shape index (κ1) is 21.8. The molecule has 0 radical (unpaired) electrons. The number of benzene rings is 1. The smallest absolute Gasteiger partial charge is 0.324 e. The molecule has 0 amide bonds. The highest BCUT2D eigenvalue weighted by Gasteiger charge is 2.38. The molecule has 0 fully saturated rings. The molecule has 2 heterocycles. The van der Waals surface area contributed by atoms with E-state index >= 15 is 0 Å². The predicted octanol–water partition coefficient (Wildman–Crippen LogP) is 4.54. The molecular weight excluding hydrogens is 426 g/mol. The van der Waals surface area contributed by atoms with Crippen LogP contribution >= 0.6 is 0 Å². The molecular formula is C18H17F4N5O2S. The second-order valence-electron chi connectivity index (χ2n) is 6.61. The van der Waals surface area contributed by atoms with E-state index in [1.165, 1.54) is 13.8 Å². The van der Waals surface area contributed by atoms with Crippen LogP contribution in [0.25, 0.3) is 11.4 Å². The normalized spacial score (nSPS) is 12.9. The summed E-state index contributed by atoms with van der Waals surface area (Å²) >= 11 is -1.97. The monoisotopic (exact) mass is 443 g/mol. The lowest BCUT2D eigenvalue weighted by Gasteiger charge is -2.17. The third-order valence-corrected chi connectivity index (χ3v) is 4.63. The van der Waals surface area contributed by atoms with Gasteiger partial charge < -0.3 is 14.4 Å². The van der Waals surface area contributed by atoms with Gasteiger partial charge in [-0.3, -0.25) is 0 Å². The van der Waals surface area contributed by atoms with Gasteiger partial charge in [-0.05, 0) is 31.5 Å². The molecule has 30 heavy (non-hydrogen) atoms. The van der Waals surface area contributed by atoms with Crippen molar-refractivity contribution in [2.24, 2.45) is 0 Å². The number of rotatable bonds is 6. The molecule has 0 saturated carbocycles. The Hall–Kier alpha value is -2.86. The van der Waals surface area contributed by atoms with Gasteiger partial charge in [-0.1, -0.05) is 12.1 Å². The number of hydrogen-bond acceptors (Lipinski definition) is 5. The van der Waals surface area contributed by atoms with Crippen molar-refractivity contribution in [3.8, 4) is 11.4 Å². The molecule has 0 saturated heterocycles. The van der Waals surface area contributed by atoms with Crippen LogP contribution in [0.2, 0.25) is 0 Å². The minimum absolute atomic E-state index is 0.0296. The van der Waals surface area contributed by atoms with Gasteiger partial charge in [0.15, 0.2) is 16.9 Å². The lowest BCUT2D eigenvalue weighted by molar-refractivity contribution is -0.147. The molecule has 2 N–H and O–H groups in total. The standard InChI is InChI=1S/C18H17F4N5O2S/c1-10(2)27-14(8-23-16(27)18(20,21)22)15-13(19)7-24-17(26-15)25-12-5-3-11(4-6-12)9-30(28)29/h3-8,10H,9H2,1-2H3,(H,28,29)(H,24,25,26). The molecule has 0 spiro atoms. The van der Waals surface area contributed by atoms with Crippen LogP contribution in [0.1, 0.15) is 31.3 Å². The lowest BCUT2D eigenvalue weighted by atomic mass is 10.2. The second-order valence-corrected chi connectivity index (χ2v) is 7.54. The molecule has 160 valence electrons. The Balaban J connectivity index is 1.95. The molecule has 0 aliphatic carbocycles. The van der Waals surface area contributed by atoms with Crippen molar-refractivity contribution in [3.63, 3.8) is 0 Å². The van der Waals surface area contributed by atoms with Gasteiger partial charge in [0.2, 0.25) is 11.8 Å². The van der Waals surface area contributed by atoms with E-state index in [0.29, 0.717) is 11.3 Å². The average molecular weight is 443 g/mol. The summed E-state index contributed by atoms with van der Waals surface area (Å²) < 4.78 is 74.8. The molecule has 2 aromatic heterocycles. The zero-order valence-corrected chi connectivity index (χ0v) is 16.6. The first-order valence-corrected chi connectivity index (χ1v) is 9.94. The molecule has 7 nitrogen and oxygen atoms in total. The molecule has 3 rings (SSSR count). The molecule has 12 heteroatoms. The molecule has 0 aliphatic heterocycles. The third kappa shape index (κ3) is 4.82. The van der Waals surface area contributed by atoms with E-state index in [1.807, 2.05) is 0 Å². The van der Waals surface area contributed by atoms with Crippen molar-refractivity contribution >= 4 is 22.7 Å². The maximum Gasteiger partial charge on any atom is 0.449 e. The molecule has 3 aromatic rings. The van der Waals surface area contributed by atoms with Crippen LogP contribution < -0.4 is 5.32 Å². The van der Waals surface area contributed by atoms with Crippen molar-refractivity contribution in [2.45, 2.75) is 31.8 Å². The number of alkyl halides is 3. The van der Waals surface area contributed by atoms with Gasteiger partial charge >= 0.3 is 6.18 Å². The summed E-state index contributed by atoms with van der Waals surface area (Å²) in [7, 11) is 0. The fourth-order valence-electron chi connectivity index (χ4n) is 2.83. The number of aromatic nitrogens is 4. The van der Waals surface area contributed by atoms with E-state index in [1.54, 1.807) is 24.3 Å². The van der Waals surface area contributed by atoms with E-state index in [2.05, 4.69) is 20.3 Å². The number of imidazole rings is 1. The van der Waals surface area contributed by atoms with Crippen molar-refractivity contribution in [3.05, 3.63) is 53.9 Å². The zero-order chi connectivity index (χ0) is 22.1. The summed E-state index contributed by atoms with van der Waals surface area (Å²) in [5.74, 6) is -2.10. The summed E-state index contributed by atoms with van der Waals surface area (Å²) in [5, 5.41) is 2.83. The Labute approximate surface area is 171 Å². The second kappa shape index (κ2) is 8.48. The number of nitrogens with one attached hydrogen (secondary N) is 1. The maximum atomic E-state index is 14.4. The van der Waals surface area contributed by atoms with Gasteiger partial charge in [0.25, 0.3) is 0 Å². The minimum atomic E-state index is -4.70. The van der Waals surface area contributed by atoms with Crippen molar-refractivity contribution in [1.82, 2.24) is 19.5 Å². The number of hydrogen-bond donors (Lipinski definition) is 2. The van der Waals surface area contributed by atoms with Crippen molar-refractivity contribution in [2.75, 3.05) is 5.32 Å². The van der Waals surface area contributed by atoms with Crippen molar-refractivity contribution < 1.29 is 26.3 Å². The van der Waals surface area contributed by atoms with E-state index in [9.17, 15) is 21.8 Å². The minimum Gasteiger partial charge on any atom is -0.324 e. The molecule has 1 unspecified atom stereocenters. The van der Waals surface area contributed by atoms with Crippen LogP contribution in [0.3, 0.4) is 0 Å². The third-order valence-electron chi connectivity index (χ3n) is 4.05. The van der Waals surface area contributed by atoms with Gasteiger partial charge in [-0.15, -0.1) is 0 Å². The van der Waals surface area contributed by atoms with Gasteiger partial charge in [0.1, 0.15) is 5.69 Å². The molecule has 1 atom stereocenters. The van der Waals surface area contributed by atoms with Crippen LogP contribution in [-0.4, -0.2) is 28.3 Å². The van der Waals surface area contributed by atoms with E-state index in [-0.39, 0.29) is 23.1 Å². The SMILES string of the molecule is CC(C)n1c(-c2nc(Nc3ccc(CS(=O)O)cc3)ncc2F)cnc1C(F)(F)F. The highest BCUT2D eigenvalue weighted by Crippen LogP contribution is 2.34. The molecule has 1 aromatic carbocycles. The Morgan fingerprint density at radius 3 is 2.40 bits per heavy atom. The highest BCUT2D eigenvalue weighted by atomic mass is 32.2. The average Bonchev–Trinajstić information content (AvgIpc) is 3.10. The van der Waals surface area contributed by atoms with Gasteiger partial charge in [0.05, 0.1) is 23.8 Å². The first-order chi connectivity index (χ1) is 14.1. The highest BCUT2D eigenvalue weighted by molar-refractivity contribution is 7.78. The first-order valence-electron chi connectivity index (χ1n) is 8.67. The summed E-state index contributed by atoms with van der Waals surface area (Å²) in [4.78, 5) is 11.3. The lowest BCUT2D eigenvalue weighted by Crippen LogP contribution is -2.17. The number of halogens is 4. The fourth-order valence-corrected chi connectivity index (χ4v) is 3.31. The number of nitrogens with zero attached hydrogens (tertiary/aromatic N) is 4. The van der Waals surface area contributed by atoms with Crippen LogP contribution in [0.15, 0.2) is 36.7 Å². The van der Waals surface area contributed by atoms with E-state index in [4.69, 9.17) is 4.55 Å². The summed E-state index contributed by atoms with van der Waals surface area (Å²) in [6, 6.07) is 5.80. The van der Waals surface area contributed by atoms with Crippen LogP contribution in [0.5, 0.6) is 0 Å². The van der Waals surface area contributed by atoms with Gasteiger partial charge in [-0.25, -0.2) is 23.6 Å². The summed E-state index contributed by atoms with van der Waals surface area (Å²) in [6.07, 6.45) is -2.91. The molecule has 0 bridgehead atoms. The van der Waals surface area contributed by atoms with Crippen LogP contribution in [-0.2, 0) is 23.0 Å². The topological polar surface area (TPSA) is 92.9 Å². The Bertz CT molecular complexity index is 1070. The largest absolute Gasteiger partial charge is 0.449 e. The van der Waals surface area contributed by atoms with Crippen LogP contribution in [0, 0.1) is 5.82 Å². The zero-order valence-electron chi connectivity index (χ0n) is 15.8. The Kier molecular flexibility index (Phi) is 6.17. The van der Waals surface area contributed by atoms with Crippen LogP contribution in [0.4, 0.5) is 29.2 Å². The quantitative estimate of drug-likeness (QED) is 0.429. The Morgan fingerprint density at radius 1 is 1.17 bits per heavy atom. The van der Waals surface area contributed by atoms with E-state index in [0.717, 1.165) is 17.0 Å². The van der Waals surface area contributed by atoms with Gasteiger partial charge in [0, 0.05) is 11.7 Å². The Morgan fingerprint density at radius 2 is 1.83 bits per heavy atom.